The van der Waals surface area contributed by atoms with Gasteiger partial charge in [0.05, 0.1) is 13.2 Å². The molecule has 0 spiro atoms. The maximum absolute atomic E-state index is 11.9. The first-order valence-corrected chi connectivity index (χ1v) is 5.75. The van der Waals surface area contributed by atoms with Crippen molar-refractivity contribution in [2.45, 2.75) is 6.42 Å². The van der Waals surface area contributed by atoms with Gasteiger partial charge in [0.2, 0.25) is 0 Å². The second-order valence-electron chi connectivity index (χ2n) is 3.81. The molecule has 18 heavy (non-hydrogen) atoms. The van der Waals surface area contributed by atoms with Gasteiger partial charge in [-0.1, -0.05) is 17.9 Å². The molecule has 4 heteroatoms. The van der Waals surface area contributed by atoms with Crippen LogP contribution in [0.15, 0.2) is 24.3 Å². The minimum Gasteiger partial charge on any atom is -0.395 e. The van der Waals surface area contributed by atoms with Gasteiger partial charge >= 0.3 is 0 Å². The highest BCUT2D eigenvalue weighted by molar-refractivity contribution is 5.94. The minimum absolute atomic E-state index is 0.0326. The Bertz CT molecular complexity index is 460. The quantitative estimate of drug-likeness (QED) is 0.761. The van der Waals surface area contributed by atoms with Gasteiger partial charge in [0.1, 0.15) is 0 Å². The summed E-state index contributed by atoms with van der Waals surface area (Å²) in [7, 11) is 1.64. The van der Waals surface area contributed by atoms with Crippen molar-refractivity contribution in [3.8, 4) is 11.8 Å². The van der Waals surface area contributed by atoms with Crippen LogP contribution in [0.5, 0.6) is 0 Å². The van der Waals surface area contributed by atoms with E-state index in [2.05, 4.69) is 11.8 Å². The van der Waals surface area contributed by atoms with Crippen molar-refractivity contribution in [3.63, 3.8) is 0 Å². The normalized spacial score (nSPS) is 9.50. The van der Waals surface area contributed by atoms with E-state index in [1.165, 1.54) is 4.90 Å². The first-order chi connectivity index (χ1) is 8.69. The van der Waals surface area contributed by atoms with Crippen molar-refractivity contribution in [3.05, 3.63) is 35.4 Å². The topological polar surface area (TPSA) is 60.8 Å². The van der Waals surface area contributed by atoms with Crippen molar-refractivity contribution in [2.24, 2.45) is 0 Å². The van der Waals surface area contributed by atoms with Crippen LogP contribution in [0.1, 0.15) is 22.3 Å². The Morgan fingerprint density at radius 1 is 1.33 bits per heavy atom. The molecule has 0 saturated heterocycles. The zero-order chi connectivity index (χ0) is 13.4. The first-order valence-electron chi connectivity index (χ1n) is 5.75. The Morgan fingerprint density at radius 2 is 2.11 bits per heavy atom. The van der Waals surface area contributed by atoms with E-state index in [-0.39, 0.29) is 19.1 Å². The van der Waals surface area contributed by atoms with Gasteiger partial charge in [-0.2, -0.15) is 0 Å². The van der Waals surface area contributed by atoms with Crippen LogP contribution in [-0.2, 0) is 0 Å². The molecule has 4 nitrogen and oxygen atoms in total. The molecule has 96 valence electrons. The Hall–Kier alpha value is -1.83. The first kappa shape index (κ1) is 14.2. The highest BCUT2D eigenvalue weighted by Gasteiger charge is 2.10. The van der Waals surface area contributed by atoms with Gasteiger partial charge in [-0.3, -0.25) is 4.79 Å². The number of carbonyl (C=O) groups excluding carboxylic acids is 1. The monoisotopic (exact) mass is 247 g/mol. The smallest absolute Gasteiger partial charge is 0.253 e. The van der Waals surface area contributed by atoms with Crippen molar-refractivity contribution >= 4 is 5.91 Å². The summed E-state index contributed by atoms with van der Waals surface area (Å²) in [5.41, 5.74) is 1.29. The number of carbonyl (C=O) groups is 1. The van der Waals surface area contributed by atoms with Gasteiger partial charge in [-0.15, -0.1) is 0 Å². The largest absolute Gasteiger partial charge is 0.395 e. The third-order valence-electron chi connectivity index (χ3n) is 2.36. The van der Waals surface area contributed by atoms with E-state index in [1.54, 1.807) is 25.2 Å². The number of benzene rings is 1. The molecule has 0 heterocycles. The number of aliphatic hydroxyl groups excluding tert-OH is 2. The number of rotatable bonds is 4. The Labute approximate surface area is 107 Å². The van der Waals surface area contributed by atoms with Gasteiger partial charge in [0.25, 0.3) is 5.91 Å². The molecule has 0 bridgehead atoms. The number of amides is 1. The Balaban J connectivity index is 2.82. The van der Waals surface area contributed by atoms with Crippen LogP contribution in [0.4, 0.5) is 0 Å². The van der Waals surface area contributed by atoms with E-state index in [1.807, 2.05) is 6.07 Å². The van der Waals surface area contributed by atoms with Crippen LogP contribution >= 0.6 is 0 Å². The molecule has 0 aliphatic heterocycles. The predicted molar refractivity (Wildman–Crippen MR) is 69.1 cm³/mol. The summed E-state index contributed by atoms with van der Waals surface area (Å²) in [6, 6.07) is 7.00. The van der Waals surface area contributed by atoms with Crippen LogP contribution in [0.25, 0.3) is 0 Å². The highest BCUT2D eigenvalue weighted by Crippen LogP contribution is 2.07. The number of hydrogen-bond donors (Lipinski definition) is 2. The lowest BCUT2D eigenvalue weighted by atomic mass is 10.1. The fraction of sp³-hybridized carbons (Fsp3) is 0.357. The summed E-state index contributed by atoms with van der Waals surface area (Å²) in [6.45, 7) is 0.280. The second kappa shape index (κ2) is 7.49. The van der Waals surface area contributed by atoms with Crippen LogP contribution in [-0.4, -0.2) is 47.8 Å². The molecule has 1 amide bonds. The van der Waals surface area contributed by atoms with Crippen LogP contribution < -0.4 is 0 Å². The van der Waals surface area contributed by atoms with Crippen LogP contribution in [0, 0.1) is 11.8 Å². The molecule has 1 aromatic rings. The second-order valence-corrected chi connectivity index (χ2v) is 3.81. The van der Waals surface area contributed by atoms with Gasteiger partial charge in [-0.25, -0.2) is 0 Å². The van der Waals surface area contributed by atoms with Crippen molar-refractivity contribution in [1.29, 1.82) is 0 Å². The molecule has 1 rings (SSSR count). The molecule has 0 radical (unpaired) electrons. The fourth-order valence-corrected chi connectivity index (χ4v) is 1.42. The lowest BCUT2D eigenvalue weighted by Crippen LogP contribution is -2.29. The number of nitrogens with zero attached hydrogens (tertiary/aromatic N) is 1. The molecule has 1 aromatic carbocycles. The fourth-order valence-electron chi connectivity index (χ4n) is 1.42. The van der Waals surface area contributed by atoms with Crippen molar-refractivity contribution < 1.29 is 15.0 Å². The summed E-state index contributed by atoms with van der Waals surface area (Å²) >= 11 is 0. The highest BCUT2D eigenvalue weighted by atomic mass is 16.3. The summed E-state index contributed by atoms with van der Waals surface area (Å²) in [5.74, 6) is 5.54. The average molecular weight is 247 g/mol. The molecule has 0 aliphatic rings. The molecule has 0 aromatic heterocycles. The number of aliphatic hydroxyl groups is 2. The summed E-state index contributed by atoms with van der Waals surface area (Å²) < 4.78 is 0. The SMILES string of the molecule is CN(CCO)C(=O)c1cccc(C#CCCO)c1. The molecule has 0 atom stereocenters. The molecule has 2 N–H and O–H groups in total. The van der Waals surface area contributed by atoms with E-state index in [0.29, 0.717) is 18.5 Å². The minimum atomic E-state index is -0.144. The van der Waals surface area contributed by atoms with E-state index in [9.17, 15) is 4.79 Å². The van der Waals surface area contributed by atoms with Crippen molar-refractivity contribution in [1.82, 2.24) is 4.90 Å². The third kappa shape index (κ3) is 4.21. The number of likely N-dealkylation sites (N-methyl/N-ethyl adjacent to an activating group) is 1. The summed E-state index contributed by atoms with van der Waals surface area (Å²) in [4.78, 5) is 13.4. The summed E-state index contributed by atoms with van der Waals surface area (Å²) in [5, 5.41) is 17.4. The van der Waals surface area contributed by atoms with E-state index in [0.717, 1.165) is 5.56 Å². The predicted octanol–water partition coefficient (Wildman–Crippen LogP) is 0.485. The molecule has 0 saturated carbocycles. The van der Waals surface area contributed by atoms with Gasteiger partial charge in [0, 0.05) is 31.1 Å². The molecular formula is C14H17NO3. The number of hydrogen-bond acceptors (Lipinski definition) is 3. The van der Waals surface area contributed by atoms with Crippen molar-refractivity contribution in [2.75, 3.05) is 26.8 Å². The molecular weight excluding hydrogens is 230 g/mol. The zero-order valence-electron chi connectivity index (χ0n) is 10.4. The lowest BCUT2D eigenvalue weighted by molar-refractivity contribution is 0.0767. The van der Waals surface area contributed by atoms with Crippen LogP contribution in [0.3, 0.4) is 0 Å². The lowest BCUT2D eigenvalue weighted by Gasteiger charge is -2.15. The summed E-state index contributed by atoms with van der Waals surface area (Å²) in [6.07, 6.45) is 0.419. The Kier molecular flexibility index (Phi) is 5.92. The molecule has 0 unspecified atom stereocenters. The maximum atomic E-state index is 11.9. The standard InChI is InChI=1S/C14H17NO3/c1-15(8-10-17)14(18)13-7-4-6-12(11-13)5-2-3-9-16/h4,6-7,11,16-17H,3,8-10H2,1H3. The van der Waals surface area contributed by atoms with Gasteiger partial charge in [-0.05, 0) is 18.2 Å². The molecule has 0 fully saturated rings. The zero-order valence-corrected chi connectivity index (χ0v) is 10.4. The maximum Gasteiger partial charge on any atom is 0.253 e. The van der Waals surface area contributed by atoms with Gasteiger partial charge < -0.3 is 15.1 Å². The van der Waals surface area contributed by atoms with Crippen LogP contribution in [0.2, 0.25) is 0 Å². The van der Waals surface area contributed by atoms with Gasteiger partial charge in [0.15, 0.2) is 0 Å². The average Bonchev–Trinajstić information content (AvgIpc) is 2.39. The molecule has 0 aliphatic carbocycles. The van der Waals surface area contributed by atoms with E-state index >= 15 is 0 Å². The Morgan fingerprint density at radius 3 is 2.78 bits per heavy atom. The van der Waals surface area contributed by atoms with E-state index < -0.39 is 0 Å². The third-order valence-corrected chi connectivity index (χ3v) is 2.36. The van der Waals surface area contributed by atoms with E-state index in [4.69, 9.17) is 10.2 Å².